The maximum Gasteiger partial charge on any atom is 0.143 e. The van der Waals surface area contributed by atoms with Crippen LogP contribution in [-0.2, 0) is 0 Å². The Morgan fingerprint density at radius 1 is 1.29 bits per heavy atom. The second-order valence-electron chi connectivity index (χ2n) is 4.27. The summed E-state index contributed by atoms with van der Waals surface area (Å²) in [5.41, 5.74) is 8.43. The lowest BCUT2D eigenvalue weighted by molar-refractivity contribution is 0.416. The molecule has 1 aromatic heterocycles. The van der Waals surface area contributed by atoms with Gasteiger partial charge in [0.25, 0.3) is 0 Å². The molecule has 2 rings (SSSR count). The Bertz CT molecular complexity index is 517. The van der Waals surface area contributed by atoms with Crippen LogP contribution >= 0.6 is 0 Å². The molecule has 0 unspecified atom stereocenters. The highest BCUT2D eigenvalue weighted by Gasteiger charge is 2.06. The molecular weight excluding hydrogens is 214 g/mol. The molecule has 0 atom stereocenters. The Morgan fingerprint density at radius 3 is 2.65 bits per heavy atom. The van der Waals surface area contributed by atoms with Crippen molar-refractivity contribution in [3.8, 4) is 11.4 Å². The summed E-state index contributed by atoms with van der Waals surface area (Å²) in [7, 11) is 1.61. The van der Waals surface area contributed by atoms with Crippen LogP contribution in [-0.4, -0.2) is 16.9 Å². The zero-order valence-corrected chi connectivity index (χ0v) is 10.3. The number of rotatable bonds is 3. The highest BCUT2D eigenvalue weighted by atomic mass is 16.5. The predicted octanol–water partition coefficient (Wildman–Crippen LogP) is 2.59. The summed E-state index contributed by atoms with van der Waals surface area (Å²) in [6.45, 7) is 4.24. The molecule has 0 saturated heterocycles. The molecule has 0 spiro atoms. The first-order valence-corrected chi connectivity index (χ1v) is 5.61. The van der Waals surface area contributed by atoms with Gasteiger partial charge in [-0.3, -0.25) is 0 Å². The van der Waals surface area contributed by atoms with E-state index in [1.54, 1.807) is 7.11 Å². The molecule has 2 aromatic rings. The molecule has 0 radical (unpaired) electrons. The van der Waals surface area contributed by atoms with E-state index in [2.05, 4.69) is 18.9 Å². The van der Waals surface area contributed by atoms with Crippen molar-refractivity contribution in [1.82, 2.24) is 9.78 Å². The molecule has 4 heteroatoms. The molecule has 90 valence electrons. The zero-order chi connectivity index (χ0) is 12.4. The van der Waals surface area contributed by atoms with Crippen LogP contribution in [0.4, 0.5) is 5.69 Å². The lowest BCUT2D eigenvalue weighted by Gasteiger charge is -2.07. The van der Waals surface area contributed by atoms with Crippen LogP contribution in [0.15, 0.2) is 30.5 Å². The Kier molecular flexibility index (Phi) is 3.04. The average molecular weight is 231 g/mol. The van der Waals surface area contributed by atoms with Crippen LogP contribution in [0.5, 0.6) is 5.75 Å². The third-order valence-electron chi connectivity index (χ3n) is 2.68. The van der Waals surface area contributed by atoms with Gasteiger partial charge < -0.3 is 10.5 Å². The predicted molar refractivity (Wildman–Crippen MR) is 68.6 cm³/mol. The van der Waals surface area contributed by atoms with Crippen molar-refractivity contribution in [2.75, 3.05) is 12.8 Å². The Hall–Kier alpha value is -1.97. The summed E-state index contributed by atoms with van der Waals surface area (Å²) in [5.74, 6) is 1.09. The van der Waals surface area contributed by atoms with Crippen LogP contribution in [0.25, 0.3) is 5.69 Å². The normalized spacial score (nSPS) is 10.8. The van der Waals surface area contributed by atoms with Crippen LogP contribution in [0, 0.1) is 0 Å². The summed E-state index contributed by atoms with van der Waals surface area (Å²) in [6.07, 6.45) is 1.94. The number of nitrogen functional groups attached to an aromatic ring is 1. The zero-order valence-electron chi connectivity index (χ0n) is 10.3. The van der Waals surface area contributed by atoms with Crippen molar-refractivity contribution in [2.45, 2.75) is 19.8 Å². The summed E-state index contributed by atoms with van der Waals surface area (Å²) in [5, 5.41) is 4.51. The molecule has 0 bridgehead atoms. The molecule has 0 aliphatic carbocycles. The molecule has 2 N–H and O–H groups in total. The number of nitrogens with zero attached hydrogens (tertiary/aromatic N) is 2. The van der Waals surface area contributed by atoms with Crippen molar-refractivity contribution in [2.24, 2.45) is 0 Å². The monoisotopic (exact) mass is 231 g/mol. The van der Waals surface area contributed by atoms with Gasteiger partial charge in [0.15, 0.2) is 0 Å². The summed E-state index contributed by atoms with van der Waals surface area (Å²) in [6, 6.07) is 7.65. The van der Waals surface area contributed by atoms with Crippen molar-refractivity contribution in [3.05, 3.63) is 36.2 Å². The quantitative estimate of drug-likeness (QED) is 0.826. The second-order valence-corrected chi connectivity index (χ2v) is 4.27. The summed E-state index contributed by atoms with van der Waals surface area (Å²) >= 11 is 0. The number of nitrogens with two attached hydrogens (primary N) is 1. The molecule has 1 heterocycles. The van der Waals surface area contributed by atoms with Crippen LogP contribution < -0.4 is 10.5 Å². The summed E-state index contributed by atoms with van der Waals surface area (Å²) in [4.78, 5) is 0. The van der Waals surface area contributed by atoms with Crippen LogP contribution in [0.1, 0.15) is 25.5 Å². The van der Waals surface area contributed by atoms with Gasteiger partial charge in [0, 0.05) is 12.3 Å². The van der Waals surface area contributed by atoms with Gasteiger partial charge in [0.05, 0.1) is 24.2 Å². The molecular formula is C13H17N3O. The highest BCUT2D eigenvalue weighted by molar-refractivity contribution is 5.57. The SMILES string of the molecule is COc1cc(-n2ccc(C(C)C)n2)ccc1N. The fourth-order valence-electron chi connectivity index (χ4n) is 1.63. The molecule has 0 aliphatic rings. The summed E-state index contributed by atoms with van der Waals surface area (Å²) < 4.78 is 7.03. The first-order chi connectivity index (χ1) is 8.11. The number of aromatic nitrogens is 2. The Labute approximate surface area is 101 Å². The molecule has 1 aromatic carbocycles. The van der Waals surface area contributed by atoms with Crippen molar-refractivity contribution < 1.29 is 4.74 Å². The van der Waals surface area contributed by atoms with Crippen molar-refractivity contribution in [1.29, 1.82) is 0 Å². The standard InChI is InChI=1S/C13H17N3O/c1-9(2)12-6-7-16(15-12)10-4-5-11(14)13(8-10)17-3/h4-9H,14H2,1-3H3. The Morgan fingerprint density at radius 2 is 2.06 bits per heavy atom. The van der Waals surface area contributed by atoms with Gasteiger partial charge in [-0.15, -0.1) is 0 Å². The largest absolute Gasteiger partial charge is 0.495 e. The van der Waals surface area contributed by atoms with Crippen LogP contribution in [0.2, 0.25) is 0 Å². The number of ether oxygens (including phenoxy) is 1. The van der Waals surface area contributed by atoms with E-state index in [9.17, 15) is 0 Å². The van der Waals surface area contributed by atoms with E-state index in [0.717, 1.165) is 11.4 Å². The highest BCUT2D eigenvalue weighted by Crippen LogP contribution is 2.24. The number of methoxy groups -OCH3 is 1. The van der Waals surface area contributed by atoms with Crippen molar-refractivity contribution >= 4 is 5.69 Å². The fraction of sp³-hybridized carbons (Fsp3) is 0.308. The Balaban J connectivity index is 2.38. The van der Waals surface area contributed by atoms with E-state index in [1.807, 2.05) is 35.1 Å². The molecule has 0 amide bonds. The van der Waals surface area contributed by atoms with Gasteiger partial charge in [-0.2, -0.15) is 5.10 Å². The van der Waals surface area contributed by atoms with Gasteiger partial charge >= 0.3 is 0 Å². The topological polar surface area (TPSA) is 53.1 Å². The average Bonchev–Trinajstić information content (AvgIpc) is 2.79. The smallest absolute Gasteiger partial charge is 0.143 e. The molecule has 17 heavy (non-hydrogen) atoms. The van der Waals surface area contributed by atoms with Crippen molar-refractivity contribution in [3.63, 3.8) is 0 Å². The first-order valence-electron chi connectivity index (χ1n) is 5.61. The molecule has 4 nitrogen and oxygen atoms in total. The third kappa shape index (κ3) is 2.25. The van der Waals surface area contributed by atoms with E-state index < -0.39 is 0 Å². The number of anilines is 1. The van der Waals surface area contributed by atoms with E-state index in [4.69, 9.17) is 10.5 Å². The minimum Gasteiger partial charge on any atom is -0.495 e. The van der Waals surface area contributed by atoms with E-state index in [1.165, 1.54) is 0 Å². The van der Waals surface area contributed by atoms with E-state index in [0.29, 0.717) is 17.4 Å². The lowest BCUT2D eigenvalue weighted by Crippen LogP contribution is -1.99. The molecule has 0 aliphatic heterocycles. The lowest BCUT2D eigenvalue weighted by atomic mass is 10.1. The molecule has 0 fully saturated rings. The number of benzene rings is 1. The number of hydrogen-bond acceptors (Lipinski definition) is 3. The van der Waals surface area contributed by atoms with Gasteiger partial charge in [0.2, 0.25) is 0 Å². The van der Waals surface area contributed by atoms with Gasteiger partial charge in [-0.25, -0.2) is 4.68 Å². The minimum atomic E-state index is 0.423. The van der Waals surface area contributed by atoms with Crippen LogP contribution in [0.3, 0.4) is 0 Å². The van der Waals surface area contributed by atoms with E-state index in [-0.39, 0.29) is 0 Å². The van der Waals surface area contributed by atoms with Gasteiger partial charge in [-0.05, 0) is 24.1 Å². The first kappa shape index (κ1) is 11.5. The van der Waals surface area contributed by atoms with Gasteiger partial charge in [-0.1, -0.05) is 13.8 Å². The second kappa shape index (κ2) is 4.49. The van der Waals surface area contributed by atoms with E-state index >= 15 is 0 Å². The fourth-order valence-corrected chi connectivity index (χ4v) is 1.63. The molecule has 0 saturated carbocycles. The maximum atomic E-state index is 5.78. The maximum absolute atomic E-state index is 5.78. The third-order valence-corrected chi connectivity index (χ3v) is 2.68. The number of hydrogen-bond donors (Lipinski definition) is 1. The minimum absolute atomic E-state index is 0.423. The van der Waals surface area contributed by atoms with Gasteiger partial charge in [0.1, 0.15) is 5.75 Å².